The number of imidazole rings is 1. The SMILES string of the molecule is O=Cn1cc(Cl)nc1-c1cc(Cl)nc(S(=O)(=O)Nc2c(F)cccc2F)n1. The van der Waals surface area contributed by atoms with E-state index in [9.17, 15) is 22.0 Å². The first-order valence-electron chi connectivity index (χ1n) is 6.92. The smallest absolute Gasteiger partial charge is 0.278 e. The van der Waals surface area contributed by atoms with Crippen LogP contribution in [0.5, 0.6) is 0 Å². The lowest BCUT2D eigenvalue weighted by Crippen LogP contribution is -2.18. The third-order valence-corrected chi connectivity index (χ3v) is 4.67. The molecule has 0 spiro atoms. The van der Waals surface area contributed by atoms with E-state index < -0.39 is 32.5 Å². The number of halogens is 4. The number of carbonyl (C=O) groups is 1. The Kier molecular flexibility index (Phi) is 5.09. The standard InChI is InChI=1S/C14H7Cl2F2N5O3S/c15-10-4-9(13-20-11(16)5-23(13)6-24)19-14(21-10)27(25,26)22-12-7(17)2-1-3-8(12)18/h1-6,22H. The summed E-state index contributed by atoms with van der Waals surface area (Å²) in [7, 11) is -4.62. The zero-order valence-corrected chi connectivity index (χ0v) is 15.2. The first-order valence-corrected chi connectivity index (χ1v) is 9.16. The molecule has 13 heteroatoms. The molecule has 0 aliphatic carbocycles. The lowest BCUT2D eigenvalue weighted by Gasteiger charge is -2.10. The lowest BCUT2D eigenvalue weighted by molar-refractivity contribution is 0.547. The molecule has 2 aromatic heterocycles. The van der Waals surface area contributed by atoms with Gasteiger partial charge in [-0.25, -0.2) is 23.7 Å². The fraction of sp³-hybridized carbons (Fsp3) is 0. The highest BCUT2D eigenvalue weighted by Crippen LogP contribution is 2.25. The highest BCUT2D eigenvalue weighted by molar-refractivity contribution is 7.92. The first-order chi connectivity index (χ1) is 12.7. The molecule has 1 aromatic carbocycles. The van der Waals surface area contributed by atoms with E-state index in [1.54, 1.807) is 4.72 Å². The van der Waals surface area contributed by atoms with E-state index in [0.717, 1.165) is 28.8 Å². The van der Waals surface area contributed by atoms with E-state index in [2.05, 4.69) is 15.0 Å². The van der Waals surface area contributed by atoms with Crippen LogP contribution in [0.3, 0.4) is 0 Å². The predicted molar refractivity (Wildman–Crippen MR) is 92.6 cm³/mol. The number of para-hydroxylation sites is 1. The van der Waals surface area contributed by atoms with Crippen LogP contribution in [0.25, 0.3) is 11.5 Å². The maximum Gasteiger partial charge on any atom is 0.297 e. The summed E-state index contributed by atoms with van der Waals surface area (Å²) < 4.78 is 55.0. The van der Waals surface area contributed by atoms with Crippen molar-refractivity contribution >= 4 is 45.3 Å². The fourth-order valence-corrected chi connectivity index (χ4v) is 3.45. The summed E-state index contributed by atoms with van der Waals surface area (Å²) in [5.74, 6) is -2.37. The number of benzene rings is 1. The average Bonchev–Trinajstić information content (AvgIpc) is 2.99. The Morgan fingerprint density at radius 3 is 2.37 bits per heavy atom. The van der Waals surface area contributed by atoms with Crippen LogP contribution < -0.4 is 4.72 Å². The number of aromatic nitrogens is 4. The number of nitrogens with zero attached hydrogens (tertiary/aromatic N) is 4. The largest absolute Gasteiger partial charge is 0.297 e. The molecule has 0 amide bonds. The number of sulfonamides is 1. The van der Waals surface area contributed by atoms with Crippen LogP contribution in [-0.2, 0) is 14.8 Å². The van der Waals surface area contributed by atoms with Crippen LogP contribution >= 0.6 is 23.2 Å². The molecule has 0 fully saturated rings. The monoisotopic (exact) mass is 433 g/mol. The van der Waals surface area contributed by atoms with Crippen molar-refractivity contribution in [3.63, 3.8) is 0 Å². The van der Waals surface area contributed by atoms with Crippen molar-refractivity contribution in [3.05, 3.63) is 52.4 Å². The summed E-state index contributed by atoms with van der Waals surface area (Å²) in [6.07, 6.45) is 1.53. The summed E-state index contributed by atoms with van der Waals surface area (Å²) in [5.41, 5.74) is -1.05. The summed E-state index contributed by atoms with van der Waals surface area (Å²) in [6.45, 7) is 0. The average molecular weight is 434 g/mol. The normalized spacial score (nSPS) is 11.4. The Balaban J connectivity index is 2.09. The molecule has 2 heterocycles. The van der Waals surface area contributed by atoms with Gasteiger partial charge in [0.15, 0.2) is 5.82 Å². The molecule has 1 N–H and O–H groups in total. The summed E-state index contributed by atoms with van der Waals surface area (Å²) in [5, 5.41) is -1.25. The molecule has 3 aromatic rings. The number of hydrogen-bond acceptors (Lipinski definition) is 6. The minimum absolute atomic E-state index is 0.0530. The maximum absolute atomic E-state index is 13.7. The topological polar surface area (TPSA) is 107 Å². The molecule has 3 rings (SSSR count). The molecule has 27 heavy (non-hydrogen) atoms. The van der Waals surface area contributed by atoms with E-state index in [-0.39, 0.29) is 21.8 Å². The highest BCUT2D eigenvalue weighted by Gasteiger charge is 2.24. The quantitative estimate of drug-likeness (QED) is 0.376. The molecule has 0 saturated carbocycles. The number of nitrogens with one attached hydrogen (secondary N) is 1. The molecule has 0 atom stereocenters. The van der Waals surface area contributed by atoms with Gasteiger partial charge in [0.05, 0.1) is 6.20 Å². The zero-order chi connectivity index (χ0) is 19.8. The first kappa shape index (κ1) is 19.1. The lowest BCUT2D eigenvalue weighted by atomic mass is 10.3. The molecule has 140 valence electrons. The van der Waals surface area contributed by atoms with Crippen molar-refractivity contribution in [1.82, 2.24) is 19.5 Å². The van der Waals surface area contributed by atoms with E-state index in [1.165, 1.54) is 6.20 Å². The van der Waals surface area contributed by atoms with Gasteiger partial charge < -0.3 is 0 Å². The molecule has 0 aliphatic heterocycles. The summed E-state index contributed by atoms with van der Waals surface area (Å²) >= 11 is 11.5. The Morgan fingerprint density at radius 1 is 1.07 bits per heavy atom. The van der Waals surface area contributed by atoms with Gasteiger partial charge in [-0.15, -0.1) is 0 Å². The Morgan fingerprint density at radius 2 is 1.74 bits per heavy atom. The molecule has 8 nitrogen and oxygen atoms in total. The second-order valence-corrected chi connectivity index (χ2v) is 7.31. The Bertz CT molecular complexity index is 1130. The summed E-state index contributed by atoms with van der Waals surface area (Å²) in [4.78, 5) is 22.2. The third kappa shape index (κ3) is 3.89. The summed E-state index contributed by atoms with van der Waals surface area (Å²) in [6, 6.07) is 3.95. The third-order valence-electron chi connectivity index (χ3n) is 3.16. The molecule has 0 saturated heterocycles. The van der Waals surface area contributed by atoms with Gasteiger partial charge in [-0.3, -0.25) is 14.1 Å². The number of anilines is 1. The van der Waals surface area contributed by atoms with Gasteiger partial charge in [0.2, 0.25) is 6.41 Å². The van der Waals surface area contributed by atoms with Crippen LogP contribution in [0, 0.1) is 11.6 Å². The van der Waals surface area contributed by atoms with Gasteiger partial charge in [0, 0.05) is 6.07 Å². The molecule has 0 radical (unpaired) electrons. The van der Waals surface area contributed by atoms with E-state index in [1.807, 2.05) is 0 Å². The Hall–Kier alpha value is -2.63. The zero-order valence-electron chi connectivity index (χ0n) is 12.9. The van der Waals surface area contributed by atoms with Crippen molar-refractivity contribution in [2.75, 3.05) is 4.72 Å². The van der Waals surface area contributed by atoms with Gasteiger partial charge >= 0.3 is 0 Å². The number of carbonyl (C=O) groups excluding carboxylic acids is 1. The van der Waals surface area contributed by atoms with Crippen LogP contribution in [0.1, 0.15) is 0 Å². The maximum atomic E-state index is 13.7. The second-order valence-electron chi connectivity index (χ2n) is 4.96. The van der Waals surface area contributed by atoms with E-state index >= 15 is 0 Å². The van der Waals surface area contributed by atoms with Crippen LogP contribution in [0.4, 0.5) is 14.5 Å². The van der Waals surface area contributed by atoms with Crippen molar-refractivity contribution in [2.24, 2.45) is 0 Å². The van der Waals surface area contributed by atoms with Gasteiger partial charge in [-0.2, -0.15) is 8.42 Å². The number of rotatable bonds is 5. The molecule has 0 unspecified atom stereocenters. The highest BCUT2D eigenvalue weighted by atomic mass is 35.5. The predicted octanol–water partition coefficient (Wildman–Crippen LogP) is 2.76. The Labute approximate surface area is 160 Å². The van der Waals surface area contributed by atoms with Crippen molar-refractivity contribution in [2.45, 2.75) is 5.16 Å². The molecular formula is C14H7Cl2F2N5O3S. The van der Waals surface area contributed by atoms with Crippen LogP contribution in [-0.4, -0.2) is 34.3 Å². The number of hydrogen-bond donors (Lipinski definition) is 1. The molecule has 0 aliphatic rings. The van der Waals surface area contributed by atoms with Gasteiger partial charge in [0.25, 0.3) is 15.2 Å². The second kappa shape index (κ2) is 7.18. The minimum Gasteiger partial charge on any atom is -0.278 e. The van der Waals surface area contributed by atoms with E-state index in [4.69, 9.17) is 23.2 Å². The minimum atomic E-state index is -4.62. The van der Waals surface area contributed by atoms with Crippen molar-refractivity contribution in [1.29, 1.82) is 0 Å². The molecule has 0 bridgehead atoms. The van der Waals surface area contributed by atoms with Gasteiger partial charge in [-0.1, -0.05) is 29.3 Å². The van der Waals surface area contributed by atoms with Gasteiger partial charge in [-0.05, 0) is 12.1 Å². The van der Waals surface area contributed by atoms with Crippen LogP contribution in [0.15, 0.2) is 35.6 Å². The van der Waals surface area contributed by atoms with Crippen molar-refractivity contribution in [3.8, 4) is 11.5 Å². The van der Waals surface area contributed by atoms with Crippen LogP contribution in [0.2, 0.25) is 10.3 Å². The van der Waals surface area contributed by atoms with Gasteiger partial charge in [0.1, 0.15) is 33.3 Å². The van der Waals surface area contributed by atoms with E-state index in [0.29, 0.717) is 6.41 Å². The fourth-order valence-electron chi connectivity index (χ4n) is 2.04. The molecular weight excluding hydrogens is 427 g/mol. The van der Waals surface area contributed by atoms with Crippen molar-refractivity contribution < 1.29 is 22.0 Å².